The summed E-state index contributed by atoms with van der Waals surface area (Å²) < 4.78 is 1.47. The molecule has 136 valence electrons. The number of carbonyl (C=O) groups is 3. The van der Waals surface area contributed by atoms with Gasteiger partial charge in [-0.05, 0) is 21.4 Å². The van der Waals surface area contributed by atoms with E-state index in [-0.39, 0.29) is 6.42 Å². The molecule has 1 aromatic rings. The largest absolute Gasteiger partial charge is 0.479 e. The Bertz CT molecular complexity index is 833. The van der Waals surface area contributed by atoms with Crippen LogP contribution in [-0.4, -0.2) is 71.2 Å². The summed E-state index contributed by atoms with van der Waals surface area (Å²) in [4.78, 5) is 36.9. The lowest BCUT2D eigenvalue weighted by Gasteiger charge is -2.51. The van der Waals surface area contributed by atoms with Crippen LogP contribution < -0.4 is 5.32 Å². The van der Waals surface area contributed by atoms with E-state index in [9.17, 15) is 19.5 Å². The number of rotatable bonds is 6. The average molecular weight is 395 g/mol. The summed E-state index contributed by atoms with van der Waals surface area (Å²) in [5, 5.41) is 33.4. The fraction of sp³-hybridized carbons (Fsp3) is 0.462. The number of carboxylic acids is 1. The number of tetrazole rings is 1. The Balaban J connectivity index is 1.72. The molecule has 2 amide bonds. The lowest BCUT2D eigenvalue weighted by atomic mass is 9.98. The van der Waals surface area contributed by atoms with Gasteiger partial charge >= 0.3 is 5.97 Å². The number of aliphatic carboxylic acids is 1. The number of hydrogen-bond donors (Lipinski definition) is 2. The van der Waals surface area contributed by atoms with Crippen LogP contribution in [0.15, 0.2) is 16.1 Å². The highest BCUT2D eigenvalue weighted by Crippen LogP contribution is 2.41. The molecule has 1 fully saturated rings. The zero-order chi connectivity index (χ0) is 18.8. The van der Waals surface area contributed by atoms with Crippen molar-refractivity contribution in [2.45, 2.75) is 29.0 Å². The van der Waals surface area contributed by atoms with Gasteiger partial charge in [-0.15, -0.1) is 16.9 Å². The molecule has 3 atom stereocenters. The van der Waals surface area contributed by atoms with E-state index in [4.69, 9.17) is 5.26 Å². The Morgan fingerprint density at radius 1 is 1.54 bits per heavy atom. The highest BCUT2D eigenvalue weighted by atomic mass is 32.2. The van der Waals surface area contributed by atoms with Crippen LogP contribution in [0.3, 0.4) is 0 Å². The van der Waals surface area contributed by atoms with Gasteiger partial charge in [0.15, 0.2) is 6.04 Å². The van der Waals surface area contributed by atoms with Crippen LogP contribution >= 0.6 is 23.5 Å². The molecule has 13 heteroatoms. The van der Waals surface area contributed by atoms with E-state index in [1.165, 1.54) is 33.1 Å². The minimum Gasteiger partial charge on any atom is -0.479 e. The number of amides is 2. The molecule has 26 heavy (non-hydrogen) atoms. The third-order valence-electron chi connectivity index (χ3n) is 3.81. The van der Waals surface area contributed by atoms with Gasteiger partial charge in [-0.2, -0.15) is 5.26 Å². The average Bonchev–Trinajstić information content (AvgIpc) is 3.02. The van der Waals surface area contributed by atoms with Crippen molar-refractivity contribution in [2.75, 3.05) is 5.75 Å². The Kier molecular flexibility index (Phi) is 5.14. The van der Waals surface area contributed by atoms with E-state index in [1.807, 2.05) is 0 Å². The van der Waals surface area contributed by atoms with Crippen molar-refractivity contribution in [2.24, 2.45) is 7.05 Å². The van der Waals surface area contributed by atoms with Gasteiger partial charge in [0.05, 0.1) is 6.07 Å². The molecule has 0 aromatic carbocycles. The van der Waals surface area contributed by atoms with Gasteiger partial charge in [0.25, 0.3) is 0 Å². The van der Waals surface area contributed by atoms with Gasteiger partial charge in [-0.1, -0.05) is 11.8 Å². The Labute approximate surface area is 155 Å². The lowest BCUT2D eigenvalue weighted by molar-refractivity contribution is -0.160. The summed E-state index contributed by atoms with van der Waals surface area (Å²) in [5.41, 5.74) is 0.543. The predicted molar refractivity (Wildman–Crippen MR) is 89.4 cm³/mol. The number of carbonyl (C=O) groups excluding carboxylic acids is 2. The first-order chi connectivity index (χ1) is 12.4. The topological polar surface area (TPSA) is 154 Å². The van der Waals surface area contributed by atoms with E-state index in [2.05, 4.69) is 20.8 Å². The normalized spacial score (nSPS) is 24.2. The fourth-order valence-electron chi connectivity index (χ4n) is 2.62. The lowest BCUT2D eigenvalue weighted by Crippen LogP contribution is -2.73. The number of fused-ring (bicyclic) bond motifs is 1. The van der Waals surface area contributed by atoms with Crippen LogP contribution in [0.1, 0.15) is 6.42 Å². The molecule has 0 radical (unpaired) electrons. The SMILES string of the molecule is Cn1nnnc1SCC1=CS[C@H]2[C@H](NC(=O)CC#N)C(=O)N2[C@H]1C(=O)O. The van der Waals surface area contributed by atoms with Crippen molar-refractivity contribution in [3.05, 3.63) is 11.0 Å². The van der Waals surface area contributed by atoms with E-state index >= 15 is 0 Å². The molecule has 3 rings (SSSR count). The molecule has 0 aliphatic carbocycles. The van der Waals surface area contributed by atoms with E-state index < -0.39 is 35.2 Å². The molecule has 2 aliphatic rings. The molecule has 0 bridgehead atoms. The second-order valence-corrected chi connectivity index (χ2v) is 7.39. The molecule has 3 heterocycles. The number of nitriles is 1. The molecule has 1 aromatic heterocycles. The molecule has 0 spiro atoms. The Morgan fingerprint density at radius 2 is 2.31 bits per heavy atom. The molecule has 2 aliphatic heterocycles. The van der Waals surface area contributed by atoms with Crippen molar-refractivity contribution in [1.29, 1.82) is 5.26 Å². The van der Waals surface area contributed by atoms with Gasteiger partial charge < -0.3 is 15.3 Å². The van der Waals surface area contributed by atoms with E-state index in [0.29, 0.717) is 16.5 Å². The van der Waals surface area contributed by atoms with Crippen molar-refractivity contribution < 1.29 is 19.5 Å². The van der Waals surface area contributed by atoms with Crippen molar-refractivity contribution in [1.82, 2.24) is 30.4 Å². The van der Waals surface area contributed by atoms with Crippen molar-refractivity contribution >= 4 is 41.3 Å². The van der Waals surface area contributed by atoms with Gasteiger partial charge in [-0.25, -0.2) is 9.48 Å². The first-order valence-corrected chi connectivity index (χ1v) is 9.27. The van der Waals surface area contributed by atoms with Crippen molar-refractivity contribution in [3.8, 4) is 6.07 Å². The number of aryl methyl sites for hydroxylation is 1. The Morgan fingerprint density at radius 3 is 2.92 bits per heavy atom. The summed E-state index contributed by atoms with van der Waals surface area (Å²) in [6, 6.07) is -0.222. The van der Waals surface area contributed by atoms with Gasteiger partial charge in [0.2, 0.25) is 17.0 Å². The molecular weight excluding hydrogens is 382 g/mol. The predicted octanol–water partition coefficient (Wildman–Crippen LogP) is -1.05. The molecule has 1 saturated heterocycles. The highest BCUT2D eigenvalue weighted by Gasteiger charge is 2.55. The monoisotopic (exact) mass is 395 g/mol. The minimum atomic E-state index is -1.15. The maximum atomic E-state index is 12.4. The molecule has 0 saturated carbocycles. The minimum absolute atomic E-state index is 0.306. The summed E-state index contributed by atoms with van der Waals surface area (Å²) in [5.74, 6) is -1.87. The first-order valence-electron chi connectivity index (χ1n) is 7.35. The van der Waals surface area contributed by atoms with Crippen LogP contribution in [0.5, 0.6) is 0 Å². The van der Waals surface area contributed by atoms with Gasteiger partial charge in [0.1, 0.15) is 17.8 Å². The first kappa shape index (κ1) is 18.2. The maximum absolute atomic E-state index is 12.4. The number of carboxylic acid groups (broad SMARTS) is 1. The van der Waals surface area contributed by atoms with Crippen LogP contribution in [0.4, 0.5) is 0 Å². The van der Waals surface area contributed by atoms with Crippen LogP contribution in [0, 0.1) is 11.3 Å². The molecule has 0 unspecified atom stereocenters. The van der Waals surface area contributed by atoms with E-state index in [1.54, 1.807) is 18.5 Å². The van der Waals surface area contributed by atoms with Gasteiger partial charge in [-0.3, -0.25) is 9.59 Å². The molecule has 2 N–H and O–H groups in total. The van der Waals surface area contributed by atoms with Crippen LogP contribution in [0.2, 0.25) is 0 Å². The van der Waals surface area contributed by atoms with Crippen molar-refractivity contribution in [3.63, 3.8) is 0 Å². The van der Waals surface area contributed by atoms with Gasteiger partial charge in [0, 0.05) is 12.8 Å². The summed E-state index contributed by atoms with van der Waals surface area (Å²) in [6.45, 7) is 0. The number of nitrogens with one attached hydrogen (secondary N) is 1. The van der Waals surface area contributed by atoms with Crippen LogP contribution in [0.25, 0.3) is 0 Å². The number of thioether (sulfide) groups is 2. The highest BCUT2D eigenvalue weighted by molar-refractivity contribution is 8.03. The second kappa shape index (κ2) is 7.34. The zero-order valence-electron chi connectivity index (χ0n) is 13.4. The Hall–Kier alpha value is -2.59. The standard InChI is InChI=1S/C13H13N7O4S2/c1-19-13(16-17-18-19)26-5-6-4-25-11-8(15-7(21)2-3-14)10(22)20(11)9(6)12(23)24/h4,8-9,11H,2,5H2,1H3,(H,15,21)(H,23,24)/t8-,9-,11+/m1/s1. The number of hydrogen-bond acceptors (Lipinski definition) is 9. The summed E-state index contributed by atoms with van der Waals surface area (Å²) in [6.07, 6.45) is -0.354. The third-order valence-corrected chi connectivity index (χ3v) is 6.11. The summed E-state index contributed by atoms with van der Waals surface area (Å²) >= 11 is 2.53. The number of β-lactam (4-membered cyclic amide) rings is 1. The third kappa shape index (κ3) is 3.25. The smallest absolute Gasteiger partial charge is 0.330 e. The molecule has 11 nitrogen and oxygen atoms in total. The number of aromatic nitrogens is 4. The number of nitrogens with zero attached hydrogens (tertiary/aromatic N) is 6. The summed E-state index contributed by atoms with van der Waals surface area (Å²) in [7, 11) is 1.67. The molecular formula is C13H13N7O4S2. The van der Waals surface area contributed by atoms with E-state index in [0.717, 1.165) is 0 Å². The second-order valence-electron chi connectivity index (χ2n) is 5.46. The van der Waals surface area contributed by atoms with Crippen LogP contribution in [-0.2, 0) is 21.4 Å². The maximum Gasteiger partial charge on any atom is 0.330 e. The fourth-order valence-corrected chi connectivity index (χ4v) is 4.80. The zero-order valence-corrected chi connectivity index (χ0v) is 15.0. The quantitative estimate of drug-likeness (QED) is 0.450.